The van der Waals surface area contributed by atoms with Crippen molar-refractivity contribution < 1.29 is 23.2 Å². The van der Waals surface area contributed by atoms with Gasteiger partial charge in [-0.3, -0.25) is 14.8 Å². The van der Waals surface area contributed by atoms with Crippen LogP contribution in [0, 0.1) is 0 Å². The van der Waals surface area contributed by atoms with E-state index in [0.29, 0.717) is 29.4 Å². The fraction of sp³-hybridized carbons (Fsp3) is 0.300. The fourth-order valence-electron chi connectivity index (χ4n) is 2.84. The molecule has 0 aliphatic rings. The molecule has 0 unspecified atom stereocenters. The summed E-state index contributed by atoms with van der Waals surface area (Å²) in [6, 6.07) is 5.90. The van der Waals surface area contributed by atoms with E-state index in [1.54, 1.807) is 25.2 Å². The zero-order valence-corrected chi connectivity index (χ0v) is 18.2. The Bertz CT molecular complexity index is 1230. The highest BCUT2D eigenvalue weighted by Gasteiger charge is 2.19. The lowest BCUT2D eigenvalue weighted by Gasteiger charge is -2.16. The molecular formula is C20H25N9O4. The van der Waals surface area contributed by atoms with E-state index in [0.717, 1.165) is 0 Å². The first kappa shape index (κ1) is 19.4. The lowest BCUT2D eigenvalue weighted by atomic mass is 10.1. The molecule has 0 bridgehead atoms. The van der Waals surface area contributed by atoms with Crippen molar-refractivity contribution in [1.82, 2.24) is 35.6 Å². The molecule has 13 nitrogen and oxygen atoms in total. The number of rotatable bonds is 9. The molecule has 0 aliphatic carbocycles. The van der Waals surface area contributed by atoms with E-state index in [2.05, 4.69) is 36.2 Å². The van der Waals surface area contributed by atoms with Crippen LogP contribution in [0.2, 0.25) is 0 Å². The molecule has 4 N–H and O–H groups in total. The summed E-state index contributed by atoms with van der Waals surface area (Å²) in [7, 11) is 4.68. The minimum Gasteiger partial charge on any atom is -0.494 e. The third kappa shape index (κ3) is 5.71. The summed E-state index contributed by atoms with van der Waals surface area (Å²) < 4.78 is 34.0. The van der Waals surface area contributed by atoms with Crippen LogP contribution >= 0.6 is 0 Å². The summed E-state index contributed by atoms with van der Waals surface area (Å²) in [6.45, 7) is -2.19. The molecular weight excluding hydrogens is 430 g/mol. The Balaban J connectivity index is 1.98. The number of carbonyl (C=O) groups excluding carboxylic acids is 2. The van der Waals surface area contributed by atoms with E-state index >= 15 is 0 Å². The average molecular weight is 458 g/mol. The second-order valence-electron chi connectivity index (χ2n) is 6.57. The van der Waals surface area contributed by atoms with Crippen LogP contribution in [-0.4, -0.2) is 71.2 Å². The number of nitrogens with zero attached hydrogens (tertiary/aromatic N) is 5. The standard InChI is InChI=1S/C20H25N9O4/c1-21-19(30)16-14(10-15(26-27-16)25-20(31)22-8-9-32-3)24-13-7-5-6-12(17(13)33-4)18-23-11-29(2)28-18/h5-7,10-11H,8-9H2,1-4H3,(H,21,30)(H3,22,24,25,26,31)/i1D3. The van der Waals surface area contributed by atoms with Gasteiger partial charge in [0.1, 0.15) is 6.33 Å². The minimum absolute atomic E-state index is 0.000588. The molecule has 0 spiro atoms. The summed E-state index contributed by atoms with van der Waals surface area (Å²) in [6.07, 6.45) is 1.54. The van der Waals surface area contributed by atoms with E-state index in [1.165, 1.54) is 31.3 Å². The molecule has 2 aromatic heterocycles. The SMILES string of the molecule is [2H]C([2H])([2H])NC(=O)c1nnc(NC(=O)NCCOC)cc1Nc1cccc(-c2ncn(C)n2)c1OC. The molecule has 0 saturated carbocycles. The van der Waals surface area contributed by atoms with Crippen molar-refractivity contribution in [3.63, 3.8) is 0 Å². The van der Waals surface area contributed by atoms with Crippen molar-refractivity contribution in [2.45, 2.75) is 0 Å². The number of para-hydroxylation sites is 1. The van der Waals surface area contributed by atoms with E-state index in [1.807, 2.05) is 5.32 Å². The predicted octanol–water partition coefficient (Wildman–Crippen LogP) is 1.15. The number of benzene rings is 1. The molecule has 0 atom stereocenters. The topological polar surface area (TPSA) is 157 Å². The van der Waals surface area contributed by atoms with Gasteiger partial charge in [-0.1, -0.05) is 6.07 Å². The number of hydrogen-bond donors (Lipinski definition) is 4. The molecule has 3 amide bonds. The number of nitrogens with one attached hydrogen (secondary N) is 4. The predicted molar refractivity (Wildman–Crippen MR) is 121 cm³/mol. The number of amides is 3. The molecule has 2 heterocycles. The van der Waals surface area contributed by atoms with Crippen LogP contribution in [0.4, 0.5) is 22.0 Å². The number of anilines is 3. The van der Waals surface area contributed by atoms with Crippen LogP contribution in [-0.2, 0) is 11.8 Å². The summed E-state index contributed by atoms with van der Waals surface area (Å²) in [5.74, 6) is -0.238. The van der Waals surface area contributed by atoms with Gasteiger partial charge in [-0.05, 0) is 12.1 Å². The highest BCUT2D eigenvalue weighted by molar-refractivity contribution is 5.99. The van der Waals surface area contributed by atoms with Gasteiger partial charge in [0.15, 0.2) is 23.1 Å². The zero-order valence-electron chi connectivity index (χ0n) is 21.2. The van der Waals surface area contributed by atoms with Crippen molar-refractivity contribution in [1.29, 1.82) is 0 Å². The maximum absolute atomic E-state index is 12.6. The molecule has 0 saturated heterocycles. The van der Waals surface area contributed by atoms with Crippen molar-refractivity contribution in [3.8, 4) is 17.1 Å². The Morgan fingerprint density at radius 1 is 1.21 bits per heavy atom. The first-order valence-electron chi connectivity index (χ1n) is 11.2. The maximum atomic E-state index is 12.6. The van der Waals surface area contributed by atoms with E-state index in [9.17, 15) is 9.59 Å². The van der Waals surface area contributed by atoms with Gasteiger partial charge in [0.05, 0.1) is 30.7 Å². The Hall–Kier alpha value is -4.26. The van der Waals surface area contributed by atoms with Crippen LogP contribution in [0.3, 0.4) is 0 Å². The number of ether oxygens (including phenoxy) is 2. The molecule has 0 aliphatic heterocycles. The average Bonchev–Trinajstić information content (AvgIpc) is 3.24. The Kier molecular flexibility index (Phi) is 6.39. The van der Waals surface area contributed by atoms with Crippen molar-refractivity contribution >= 4 is 29.1 Å². The van der Waals surface area contributed by atoms with E-state index in [-0.39, 0.29) is 23.7 Å². The van der Waals surface area contributed by atoms with Crippen LogP contribution in [0.15, 0.2) is 30.6 Å². The summed E-state index contributed by atoms with van der Waals surface area (Å²) in [4.78, 5) is 29.0. The number of aromatic nitrogens is 5. The molecule has 33 heavy (non-hydrogen) atoms. The maximum Gasteiger partial charge on any atom is 0.320 e. The van der Waals surface area contributed by atoms with Crippen LogP contribution in [0.5, 0.6) is 5.75 Å². The zero-order chi connectivity index (χ0) is 26.3. The van der Waals surface area contributed by atoms with Gasteiger partial charge in [0.2, 0.25) is 0 Å². The van der Waals surface area contributed by atoms with Gasteiger partial charge in [-0.15, -0.1) is 10.2 Å². The molecule has 3 rings (SSSR count). The number of carbonyl (C=O) groups is 2. The van der Waals surface area contributed by atoms with Crippen molar-refractivity contribution in [3.05, 3.63) is 36.3 Å². The first-order valence-corrected chi connectivity index (χ1v) is 9.65. The smallest absolute Gasteiger partial charge is 0.320 e. The Morgan fingerprint density at radius 3 is 2.76 bits per heavy atom. The fourth-order valence-corrected chi connectivity index (χ4v) is 2.84. The number of hydrogen-bond acceptors (Lipinski definition) is 9. The number of aryl methyl sites for hydroxylation is 1. The summed E-state index contributed by atoms with van der Waals surface area (Å²) >= 11 is 0. The van der Waals surface area contributed by atoms with Crippen LogP contribution < -0.4 is 26.0 Å². The molecule has 0 radical (unpaired) electrons. The van der Waals surface area contributed by atoms with E-state index < -0.39 is 18.9 Å². The van der Waals surface area contributed by atoms with Gasteiger partial charge in [0, 0.05) is 37.9 Å². The van der Waals surface area contributed by atoms with Gasteiger partial charge in [-0.25, -0.2) is 9.78 Å². The van der Waals surface area contributed by atoms with Gasteiger partial charge in [0.25, 0.3) is 5.91 Å². The van der Waals surface area contributed by atoms with Crippen molar-refractivity contribution in [2.24, 2.45) is 7.05 Å². The monoisotopic (exact) mass is 458 g/mol. The molecule has 13 heteroatoms. The van der Waals surface area contributed by atoms with Crippen molar-refractivity contribution in [2.75, 3.05) is 45.0 Å². The lowest BCUT2D eigenvalue weighted by molar-refractivity contribution is 0.0958. The highest BCUT2D eigenvalue weighted by atomic mass is 16.5. The minimum atomic E-state index is -2.75. The third-order valence-electron chi connectivity index (χ3n) is 4.28. The Morgan fingerprint density at radius 2 is 2.06 bits per heavy atom. The Labute approximate surface area is 194 Å². The molecule has 1 aromatic carbocycles. The molecule has 174 valence electrons. The van der Waals surface area contributed by atoms with E-state index in [4.69, 9.17) is 13.6 Å². The second kappa shape index (κ2) is 10.9. The summed E-state index contributed by atoms with van der Waals surface area (Å²) in [5.41, 5.74) is 0.701. The largest absolute Gasteiger partial charge is 0.494 e. The first-order chi connectivity index (χ1) is 17.1. The van der Waals surface area contributed by atoms with Crippen LogP contribution in [0.25, 0.3) is 11.4 Å². The molecule has 3 aromatic rings. The lowest BCUT2D eigenvalue weighted by Crippen LogP contribution is -2.32. The highest BCUT2D eigenvalue weighted by Crippen LogP contribution is 2.37. The van der Waals surface area contributed by atoms with Gasteiger partial charge in [-0.2, -0.15) is 5.10 Å². The molecule has 0 fully saturated rings. The van der Waals surface area contributed by atoms with Crippen LogP contribution in [0.1, 0.15) is 14.6 Å². The van der Waals surface area contributed by atoms with Gasteiger partial charge < -0.3 is 25.4 Å². The van der Waals surface area contributed by atoms with Gasteiger partial charge >= 0.3 is 6.03 Å². The number of urea groups is 1. The normalized spacial score (nSPS) is 12.2. The number of methoxy groups -OCH3 is 2. The quantitative estimate of drug-likeness (QED) is 0.345. The summed E-state index contributed by atoms with van der Waals surface area (Å²) in [5, 5.41) is 21.9. The third-order valence-corrected chi connectivity index (χ3v) is 4.28. The second-order valence-corrected chi connectivity index (χ2v) is 6.57.